The number of aliphatic hydroxyl groups excluding tert-OH is 1. The summed E-state index contributed by atoms with van der Waals surface area (Å²) in [4.78, 5) is 34.4. The molecule has 3 N–H and O–H groups in total. The number of aliphatic hydroxyl groups is 1. The maximum absolute atomic E-state index is 13.1. The highest BCUT2D eigenvalue weighted by molar-refractivity contribution is 6.12. The van der Waals surface area contributed by atoms with Gasteiger partial charge in [0.15, 0.2) is 11.9 Å². The van der Waals surface area contributed by atoms with Gasteiger partial charge >= 0.3 is 5.97 Å². The Balaban J connectivity index is 1.25. The molecule has 4 aromatic rings. The fraction of sp³-hybridized carbons (Fsp3) is 0.172. The number of fused-ring (bicyclic) bond motifs is 2. The zero-order chi connectivity index (χ0) is 26.8. The molecule has 3 heterocycles. The highest BCUT2D eigenvalue weighted by Gasteiger charge is 2.25. The summed E-state index contributed by atoms with van der Waals surface area (Å²) in [6, 6.07) is 18.1. The summed E-state index contributed by atoms with van der Waals surface area (Å²) in [5.41, 5.74) is 5.17. The maximum Gasteiger partial charge on any atom is 0.337 e. The second-order valence-corrected chi connectivity index (χ2v) is 9.04. The standard InChI is InChI=1S/C29H26N4O5/c1-17-14-21(19-5-7-20(8-6-19)25(34)29(36)37)9-10-24(17)38-13-11-18-15-22-26(31-16-18)32-27-23(4-3-12-30-27)33(2)28(22)35/h3-10,12,14-16,25,34H,11,13H2,1-2H3,(H,36,37)(H,30,31,32). The number of anilines is 3. The predicted octanol–water partition coefficient (Wildman–Crippen LogP) is 4.53. The Morgan fingerprint density at radius 3 is 2.55 bits per heavy atom. The van der Waals surface area contributed by atoms with E-state index < -0.39 is 12.1 Å². The lowest BCUT2D eigenvalue weighted by molar-refractivity contribution is -0.146. The van der Waals surface area contributed by atoms with Crippen LogP contribution in [0.25, 0.3) is 11.1 Å². The number of ether oxygens (including phenoxy) is 1. The monoisotopic (exact) mass is 510 g/mol. The predicted molar refractivity (Wildman–Crippen MR) is 143 cm³/mol. The second kappa shape index (κ2) is 10.3. The van der Waals surface area contributed by atoms with E-state index in [9.17, 15) is 14.7 Å². The molecule has 0 saturated heterocycles. The highest BCUT2D eigenvalue weighted by Crippen LogP contribution is 2.32. The molecule has 0 bridgehead atoms. The zero-order valence-electron chi connectivity index (χ0n) is 20.9. The lowest BCUT2D eigenvalue weighted by atomic mass is 10.00. The van der Waals surface area contributed by atoms with Gasteiger partial charge in [-0.15, -0.1) is 0 Å². The number of rotatable bonds is 7. The Bertz CT molecular complexity index is 1520. The van der Waals surface area contributed by atoms with Gasteiger partial charge in [-0.25, -0.2) is 14.8 Å². The highest BCUT2D eigenvalue weighted by atomic mass is 16.5. The molecule has 9 heteroatoms. The van der Waals surface area contributed by atoms with E-state index >= 15 is 0 Å². The molecular weight excluding hydrogens is 484 g/mol. The third-order valence-corrected chi connectivity index (χ3v) is 6.48. The number of hydrogen-bond donors (Lipinski definition) is 3. The zero-order valence-corrected chi connectivity index (χ0v) is 20.9. The summed E-state index contributed by atoms with van der Waals surface area (Å²) in [6.45, 7) is 2.36. The number of carbonyl (C=O) groups is 2. The number of carboxylic acid groups (broad SMARTS) is 1. The van der Waals surface area contributed by atoms with Gasteiger partial charge in [0.1, 0.15) is 11.6 Å². The minimum absolute atomic E-state index is 0.161. The van der Waals surface area contributed by atoms with Crippen LogP contribution in [-0.4, -0.2) is 45.7 Å². The SMILES string of the molecule is Cc1cc(-c2ccc(C(O)C(=O)O)cc2)ccc1OCCc1cnc2c(c1)C(=O)N(C)c1cccnc1N2. The van der Waals surface area contributed by atoms with Crippen molar-refractivity contribution in [2.24, 2.45) is 0 Å². The van der Waals surface area contributed by atoms with Gasteiger partial charge in [0.25, 0.3) is 5.91 Å². The number of aliphatic carboxylic acids is 1. The van der Waals surface area contributed by atoms with Crippen LogP contribution in [0.2, 0.25) is 0 Å². The third kappa shape index (κ3) is 4.91. The van der Waals surface area contributed by atoms with Gasteiger partial charge in [-0.2, -0.15) is 0 Å². The van der Waals surface area contributed by atoms with Gasteiger partial charge < -0.3 is 25.2 Å². The molecule has 0 radical (unpaired) electrons. The van der Waals surface area contributed by atoms with Crippen LogP contribution < -0.4 is 15.0 Å². The normalized spacial score (nSPS) is 13.1. The molecule has 1 amide bonds. The first-order valence-corrected chi connectivity index (χ1v) is 12.1. The number of hydrogen-bond acceptors (Lipinski definition) is 7. The van der Waals surface area contributed by atoms with Gasteiger partial charge in [0, 0.05) is 25.9 Å². The van der Waals surface area contributed by atoms with Crippen LogP contribution >= 0.6 is 0 Å². The first-order valence-electron chi connectivity index (χ1n) is 12.1. The van der Waals surface area contributed by atoms with Crippen LogP contribution in [0.4, 0.5) is 17.3 Å². The fourth-order valence-corrected chi connectivity index (χ4v) is 4.34. The van der Waals surface area contributed by atoms with E-state index in [2.05, 4.69) is 15.3 Å². The molecule has 38 heavy (non-hydrogen) atoms. The molecule has 0 aliphatic carbocycles. The lowest BCUT2D eigenvalue weighted by Gasteiger charge is -2.16. The number of benzene rings is 2. The van der Waals surface area contributed by atoms with Crippen LogP contribution in [0, 0.1) is 6.92 Å². The minimum atomic E-state index is -1.54. The Labute approximate surface area is 219 Å². The van der Waals surface area contributed by atoms with Gasteiger partial charge in [-0.1, -0.05) is 30.3 Å². The number of nitrogens with one attached hydrogen (secondary N) is 1. The summed E-state index contributed by atoms with van der Waals surface area (Å²) in [5, 5.41) is 21.8. The number of aryl methyl sites for hydroxylation is 1. The number of amides is 1. The van der Waals surface area contributed by atoms with Crippen molar-refractivity contribution in [2.75, 3.05) is 23.9 Å². The molecule has 1 aliphatic heterocycles. The van der Waals surface area contributed by atoms with E-state index in [0.717, 1.165) is 28.0 Å². The van der Waals surface area contributed by atoms with E-state index in [1.807, 2.05) is 37.3 Å². The molecule has 2 aromatic heterocycles. The Morgan fingerprint density at radius 2 is 1.82 bits per heavy atom. The molecule has 1 atom stereocenters. The van der Waals surface area contributed by atoms with Crippen molar-refractivity contribution < 1.29 is 24.5 Å². The van der Waals surface area contributed by atoms with E-state index in [0.29, 0.717) is 41.5 Å². The minimum Gasteiger partial charge on any atom is -0.493 e. The molecule has 5 rings (SSSR count). The van der Waals surface area contributed by atoms with E-state index in [4.69, 9.17) is 9.84 Å². The summed E-state index contributed by atoms with van der Waals surface area (Å²) in [5.74, 6) is 0.356. The summed E-state index contributed by atoms with van der Waals surface area (Å²) in [6.07, 6.45) is 2.42. The molecule has 0 fully saturated rings. The van der Waals surface area contributed by atoms with Gasteiger partial charge in [0.05, 0.1) is 17.9 Å². The van der Waals surface area contributed by atoms with Crippen LogP contribution in [0.3, 0.4) is 0 Å². The third-order valence-electron chi connectivity index (χ3n) is 6.48. The molecular formula is C29H26N4O5. The van der Waals surface area contributed by atoms with E-state index in [-0.39, 0.29) is 5.91 Å². The Hall–Kier alpha value is -4.76. The number of nitrogens with zero attached hydrogens (tertiary/aromatic N) is 3. The number of pyridine rings is 2. The van der Waals surface area contributed by atoms with Crippen molar-refractivity contribution >= 4 is 29.2 Å². The van der Waals surface area contributed by atoms with Crippen molar-refractivity contribution in [3.8, 4) is 16.9 Å². The molecule has 0 saturated carbocycles. The Morgan fingerprint density at radius 1 is 1.05 bits per heavy atom. The van der Waals surface area contributed by atoms with Crippen molar-refractivity contribution in [3.05, 3.63) is 95.3 Å². The molecule has 2 aromatic carbocycles. The number of aromatic nitrogens is 2. The fourth-order valence-electron chi connectivity index (χ4n) is 4.34. The van der Waals surface area contributed by atoms with Gasteiger partial charge in [-0.3, -0.25) is 4.79 Å². The molecule has 1 aliphatic rings. The summed E-state index contributed by atoms with van der Waals surface area (Å²) < 4.78 is 6.03. The first-order chi connectivity index (χ1) is 18.3. The molecule has 1 unspecified atom stereocenters. The molecule has 0 spiro atoms. The van der Waals surface area contributed by atoms with Gasteiger partial charge in [-0.05, 0) is 65.1 Å². The maximum atomic E-state index is 13.1. The Kier molecular flexibility index (Phi) is 6.76. The van der Waals surface area contributed by atoms with Crippen molar-refractivity contribution in [1.29, 1.82) is 0 Å². The van der Waals surface area contributed by atoms with Crippen molar-refractivity contribution in [2.45, 2.75) is 19.4 Å². The van der Waals surface area contributed by atoms with Crippen molar-refractivity contribution in [3.63, 3.8) is 0 Å². The van der Waals surface area contributed by atoms with Crippen LogP contribution in [0.5, 0.6) is 5.75 Å². The number of carboxylic acids is 1. The van der Waals surface area contributed by atoms with E-state index in [1.54, 1.807) is 54.7 Å². The second-order valence-electron chi connectivity index (χ2n) is 9.04. The van der Waals surface area contributed by atoms with Gasteiger partial charge in [0.2, 0.25) is 0 Å². The topological polar surface area (TPSA) is 125 Å². The molecule has 192 valence electrons. The molecule has 9 nitrogen and oxygen atoms in total. The largest absolute Gasteiger partial charge is 0.493 e. The van der Waals surface area contributed by atoms with Crippen molar-refractivity contribution in [1.82, 2.24) is 9.97 Å². The van der Waals surface area contributed by atoms with Crippen LogP contribution in [-0.2, 0) is 11.2 Å². The first kappa shape index (κ1) is 24.9. The smallest absolute Gasteiger partial charge is 0.337 e. The lowest BCUT2D eigenvalue weighted by Crippen LogP contribution is -2.25. The van der Waals surface area contributed by atoms with E-state index in [1.165, 1.54) is 0 Å². The quantitative estimate of drug-likeness (QED) is 0.331. The summed E-state index contributed by atoms with van der Waals surface area (Å²) in [7, 11) is 1.72. The average Bonchev–Trinajstić information content (AvgIpc) is 3.03. The van der Waals surface area contributed by atoms with Crippen LogP contribution in [0.1, 0.15) is 33.2 Å². The van der Waals surface area contributed by atoms with Crippen LogP contribution in [0.15, 0.2) is 73.1 Å². The summed E-state index contributed by atoms with van der Waals surface area (Å²) >= 11 is 0. The number of carbonyl (C=O) groups excluding carboxylic acids is 1. The average molecular weight is 511 g/mol.